The zero-order valence-corrected chi connectivity index (χ0v) is 11.2. The fraction of sp³-hybridized carbons (Fsp3) is 0.533. The first kappa shape index (κ1) is 13.8. The molecule has 0 radical (unpaired) electrons. The molecule has 0 aliphatic rings. The Kier molecular flexibility index (Phi) is 5.75. The lowest BCUT2D eigenvalue weighted by Gasteiger charge is -2.17. The Morgan fingerprint density at radius 2 is 1.76 bits per heavy atom. The van der Waals surface area contributed by atoms with Crippen molar-refractivity contribution < 1.29 is 4.79 Å². The molecule has 0 fully saturated rings. The van der Waals surface area contributed by atoms with Gasteiger partial charge in [0, 0.05) is 19.2 Å². The van der Waals surface area contributed by atoms with Gasteiger partial charge in [0.2, 0.25) is 0 Å². The summed E-state index contributed by atoms with van der Waals surface area (Å²) in [6.07, 6.45) is 4.48. The van der Waals surface area contributed by atoms with Gasteiger partial charge in [-0.2, -0.15) is 0 Å². The number of rotatable bonds is 6. The highest BCUT2D eigenvalue weighted by Crippen LogP contribution is 2.08. The van der Waals surface area contributed by atoms with Crippen LogP contribution in [0.15, 0.2) is 24.3 Å². The Morgan fingerprint density at radius 1 is 1.12 bits per heavy atom. The van der Waals surface area contributed by atoms with Crippen molar-refractivity contribution in [2.75, 3.05) is 13.6 Å². The number of nitrogens with zero attached hydrogens (tertiary/aromatic N) is 1. The van der Waals surface area contributed by atoms with Crippen LogP contribution >= 0.6 is 0 Å². The van der Waals surface area contributed by atoms with E-state index in [2.05, 4.69) is 13.8 Å². The van der Waals surface area contributed by atoms with Gasteiger partial charge in [-0.05, 0) is 30.5 Å². The molecule has 0 aliphatic heterocycles. The van der Waals surface area contributed by atoms with Crippen LogP contribution in [-0.4, -0.2) is 24.4 Å². The van der Waals surface area contributed by atoms with Crippen LogP contribution < -0.4 is 0 Å². The molecule has 0 aliphatic carbocycles. The number of carbonyl (C=O) groups is 1. The highest BCUT2D eigenvalue weighted by atomic mass is 16.2. The van der Waals surface area contributed by atoms with Gasteiger partial charge in [-0.25, -0.2) is 0 Å². The van der Waals surface area contributed by atoms with E-state index in [4.69, 9.17) is 0 Å². The third kappa shape index (κ3) is 4.22. The number of carbonyl (C=O) groups excluding carboxylic acids is 1. The number of aryl methyl sites for hydroxylation is 1. The normalized spacial score (nSPS) is 10.3. The van der Waals surface area contributed by atoms with E-state index in [1.807, 2.05) is 36.2 Å². The van der Waals surface area contributed by atoms with Gasteiger partial charge >= 0.3 is 0 Å². The maximum atomic E-state index is 12.1. The van der Waals surface area contributed by atoms with Gasteiger partial charge in [-0.15, -0.1) is 0 Å². The molecule has 1 aromatic carbocycles. The zero-order valence-electron chi connectivity index (χ0n) is 11.2. The van der Waals surface area contributed by atoms with E-state index in [-0.39, 0.29) is 5.91 Å². The molecule has 1 amide bonds. The van der Waals surface area contributed by atoms with Gasteiger partial charge < -0.3 is 4.90 Å². The largest absolute Gasteiger partial charge is 0.342 e. The summed E-state index contributed by atoms with van der Waals surface area (Å²) in [5, 5.41) is 0. The number of amides is 1. The molecule has 1 aromatic rings. The maximum absolute atomic E-state index is 12.1. The SMILES string of the molecule is CCCCCN(C)C(=O)c1ccc(CC)cc1. The van der Waals surface area contributed by atoms with Gasteiger partial charge in [0.15, 0.2) is 0 Å². The van der Waals surface area contributed by atoms with E-state index in [1.54, 1.807) is 0 Å². The van der Waals surface area contributed by atoms with Crippen molar-refractivity contribution >= 4 is 5.91 Å². The predicted octanol–water partition coefficient (Wildman–Crippen LogP) is 3.51. The Labute approximate surface area is 105 Å². The van der Waals surface area contributed by atoms with E-state index in [0.717, 1.165) is 24.9 Å². The van der Waals surface area contributed by atoms with Gasteiger partial charge in [0.25, 0.3) is 5.91 Å². The molecule has 0 spiro atoms. The molecule has 0 saturated carbocycles. The van der Waals surface area contributed by atoms with E-state index in [0.29, 0.717) is 0 Å². The van der Waals surface area contributed by atoms with E-state index in [9.17, 15) is 4.79 Å². The molecule has 0 bridgehead atoms. The molecule has 0 N–H and O–H groups in total. The predicted molar refractivity (Wildman–Crippen MR) is 72.3 cm³/mol. The quantitative estimate of drug-likeness (QED) is 0.688. The lowest BCUT2D eigenvalue weighted by atomic mass is 10.1. The molecule has 0 heterocycles. The number of hydrogen-bond acceptors (Lipinski definition) is 1. The smallest absolute Gasteiger partial charge is 0.253 e. The standard InChI is InChI=1S/C15H23NO/c1-4-6-7-12-16(3)15(17)14-10-8-13(5-2)9-11-14/h8-11H,4-7,12H2,1-3H3. The summed E-state index contributed by atoms with van der Waals surface area (Å²) < 4.78 is 0. The van der Waals surface area contributed by atoms with Crippen molar-refractivity contribution in [2.24, 2.45) is 0 Å². The molecule has 0 atom stereocenters. The highest BCUT2D eigenvalue weighted by Gasteiger charge is 2.10. The van der Waals surface area contributed by atoms with Crippen molar-refractivity contribution in [3.63, 3.8) is 0 Å². The molecule has 0 saturated heterocycles. The Morgan fingerprint density at radius 3 is 2.29 bits per heavy atom. The summed E-state index contributed by atoms with van der Waals surface area (Å²) in [5.74, 6) is 0.128. The van der Waals surface area contributed by atoms with Crippen molar-refractivity contribution in [2.45, 2.75) is 39.5 Å². The monoisotopic (exact) mass is 233 g/mol. The lowest BCUT2D eigenvalue weighted by Crippen LogP contribution is -2.27. The second-order valence-electron chi connectivity index (χ2n) is 4.48. The Balaban J connectivity index is 2.55. The number of benzene rings is 1. The van der Waals surface area contributed by atoms with Crippen LogP contribution in [0.25, 0.3) is 0 Å². The topological polar surface area (TPSA) is 20.3 Å². The minimum absolute atomic E-state index is 0.128. The summed E-state index contributed by atoms with van der Waals surface area (Å²) in [4.78, 5) is 13.9. The summed E-state index contributed by atoms with van der Waals surface area (Å²) >= 11 is 0. The van der Waals surface area contributed by atoms with Crippen LogP contribution in [0.3, 0.4) is 0 Å². The van der Waals surface area contributed by atoms with Crippen molar-refractivity contribution in [3.05, 3.63) is 35.4 Å². The number of hydrogen-bond donors (Lipinski definition) is 0. The van der Waals surface area contributed by atoms with Gasteiger partial charge in [0.1, 0.15) is 0 Å². The molecular formula is C15H23NO. The maximum Gasteiger partial charge on any atom is 0.253 e. The van der Waals surface area contributed by atoms with Crippen molar-refractivity contribution in [3.8, 4) is 0 Å². The molecular weight excluding hydrogens is 210 g/mol. The highest BCUT2D eigenvalue weighted by molar-refractivity contribution is 5.94. The summed E-state index contributed by atoms with van der Waals surface area (Å²) in [6, 6.07) is 7.93. The first-order valence-corrected chi connectivity index (χ1v) is 6.53. The van der Waals surface area contributed by atoms with E-state index in [1.165, 1.54) is 18.4 Å². The molecule has 0 aromatic heterocycles. The van der Waals surface area contributed by atoms with Crippen molar-refractivity contribution in [1.29, 1.82) is 0 Å². The van der Waals surface area contributed by atoms with Crippen LogP contribution in [0.2, 0.25) is 0 Å². The lowest BCUT2D eigenvalue weighted by molar-refractivity contribution is 0.0792. The Hall–Kier alpha value is -1.31. The van der Waals surface area contributed by atoms with Gasteiger partial charge in [-0.3, -0.25) is 4.79 Å². The molecule has 0 unspecified atom stereocenters. The number of unbranched alkanes of at least 4 members (excludes halogenated alkanes) is 2. The molecule has 17 heavy (non-hydrogen) atoms. The van der Waals surface area contributed by atoms with Crippen LogP contribution in [0.5, 0.6) is 0 Å². The zero-order chi connectivity index (χ0) is 12.7. The fourth-order valence-electron chi connectivity index (χ4n) is 1.80. The van der Waals surface area contributed by atoms with Gasteiger partial charge in [0.05, 0.1) is 0 Å². The summed E-state index contributed by atoms with van der Waals surface area (Å²) in [7, 11) is 1.88. The Bertz CT molecular complexity index is 342. The summed E-state index contributed by atoms with van der Waals surface area (Å²) in [6.45, 7) is 5.14. The van der Waals surface area contributed by atoms with Crippen molar-refractivity contribution in [1.82, 2.24) is 4.90 Å². The van der Waals surface area contributed by atoms with Crippen LogP contribution in [0, 0.1) is 0 Å². The minimum atomic E-state index is 0.128. The van der Waals surface area contributed by atoms with Crippen LogP contribution in [0.1, 0.15) is 49.0 Å². The molecule has 2 heteroatoms. The molecule has 1 rings (SSSR count). The second kappa shape index (κ2) is 7.10. The molecule has 2 nitrogen and oxygen atoms in total. The second-order valence-corrected chi connectivity index (χ2v) is 4.48. The third-order valence-electron chi connectivity index (χ3n) is 3.05. The van der Waals surface area contributed by atoms with Crippen LogP contribution in [-0.2, 0) is 6.42 Å². The first-order valence-electron chi connectivity index (χ1n) is 6.53. The van der Waals surface area contributed by atoms with Crippen LogP contribution in [0.4, 0.5) is 0 Å². The van der Waals surface area contributed by atoms with E-state index >= 15 is 0 Å². The summed E-state index contributed by atoms with van der Waals surface area (Å²) in [5.41, 5.74) is 2.07. The molecule has 94 valence electrons. The average molecular weight is 233 g/mol. The first-order chi connectivity index (χ1) is 8.19. The minimum Gasteiger partial charge on any atom is -0.342 e. The average Bonchev–Trinajstić information content (AvgIpc) is 2.38. The fourth-order valence-corrected chi connectivity index (χ4v) is 1.80. The van der Waals surface area contributed by atoms with E-state index < -0.39 is 0 Å². The van der Waals surface area contributed by atoms with Gasteiger partial charge in [-0.1, -0.05) is 38.8 Å². The third-order valence-corrected chi connectivity index (χ3v) is 3.05.